The van der Waals surface area contributed by atoms with Crippen molar-refractivity contribution in [3.63, 3.8) is 0 Å². The molecule has 0 bridgehead atoms. The average Bonchev–Trinajstić information content (AvgIpc) is 2.31. The maximum atomic E-state index is 13.0. The third kappa shape index (κ3) is 4.83. The molecule has 0 fully saturated rings. The fourth-order valence-electron chi connectivity index (χ4n) is 1.27. The van der Waals surface area contributed by atoms with E-state index < -0.39 is 0 Å². The molecule has 1 amide bonds. The minimum atomic E-state index is -0.328. The molecule has 1 rings (SSSR count). The van der Waals surface area contributed by atoms with Crippen LogP contribution >= 0.6 is 15.9 Å². The molecule has 5 heteroatoms. The molecule has 1 aromatic rings. The Labute approximate surface area is 109 Å². The Hall–Kier alpha value is -0.940. The Balaban J connectivity index is 2.48. The normalized spacial score (nSPS) is 12.2. The van der Waals surface area contributed by atoms with Crippen LogP contribution in [0.2, 0.25) is 0 Å². The molecule has 3 N–H and O–H groups in total. The molecule has 0 aliphatic heterocycles. The first kappa shape index (κ1) is 14.1. The summed E-state index contributed by atoms with van der Waals surface area (Å²) in [6, 6.07) is 4.56. The summed E-state index contributed by atoms with van der Waals surface area (Å²) in [7, 11) is 0. The van der Waals surface area contributed by atoms with Crippen LogP contribution < -0.4 is 11.1 Å². The number of carbonyl (C=O) groups is 1. The van der Waals surface area contributed by atoms with Crippen molar-refractivity contribution in [2.45, 2.75) is 13.3 Å². The number of carbonyl (C=O) groups excluding carboxylic acids is 1. The van der Waals surface area contributed by atoms with Gasteiger partial charge in [0.05, 0.1) is 10.9 Å². The van der Waals surface area contributed by atoms with Crippen LogP contribution in [0, 0.1) is 11.7 Å². The Morgan fingerprint density at radius 3 is 2.88 bits per heavy atom. The van der Waals surface area contributed by atoms with Gasteiger partial charge in [0.2, 0.25) is 5.91 Å². The molecule has 0 radical (unpaired) electrons. The van der Waals surface area contributed by atoms with E-state index in [1.807, 2.05) is 6.92 Å². The van der Waals surface area contributed by atoms with Crippen LogP contribution in [0.25, 0.3) is 0 Å². The molecule has 0 aliphatic carbocycles. The molecule has 0 aliphatic rings. The van der Waals surface area contributed by atoms with Gasteiger partial charge < -0.3 is 11.1 Å². The Bertz CT molecular complexity index is 398. The third-order valence-electron chi connectivity index (χ3n) is 2.40. The van der Waals surface area contributed by atoms with E-state index in [4.69, 9.17) is 5.73 Å². The zero-order chi connectivity index (χ0) is 12.8. The smallest absolute Gasteiger partial charge is 0.224 e. The van der Waals surface area contributed by atoms with Gasteiger partial charge in [-0.15, -0.1) is 0 Å². The van der Waals surface area contributed by atoms with Crippen LogP contribution in [0.5, 0.6) is 0 Å². The largest absolute Gasteiger partial charge is 0.356 e. The minimum Gasteiger partial charge on any atom is -0.356 e. The molecule has 3 nitrogen and oxygen atoms in total. The predicted molar refractivity (Wildman–Crippen MR) is 69.0 cm³/mol. The van der Waals surface area contributed by atoms with Crippen molar-refractivity contribution < 1.29 is 9.18 Å². The number of nitrogens with one attached hydrogen (secondary N) is 1. The van der Waals surface area contributed by atoms with Gasteiger partial charge in [-0.3, -0.25) is 4.79 Å². The van der Waals surface area contributed by atoms with Crippen LogP contribution in [0.4, 0.5) is 4.39 Å². The van der Waals surface area contributed by atoms with E-state index in [9.17, 15) is 9.18 Å². The fourth-order valence-corrected chi connectivity index (χ4v) is 1.70. The second kappa shape index (κ2) is 6.71. The summed E-state index contributed by atoms with van der Waals surface area (Å²) < 4.78 is 13.3. The molecule has 94 valence electrons. The molecule has 1 unspecified atom stereocenters. The fraction of sp³-hybridized carbons (Fsp3) is 0.417. The Morgan fingerprint density at radius 2 is 2.29 bits per heavy atom. The lowest BCUT2D eigenvalue weighted by Crippen LogP contribution is -2.32. The highest BCUT2D eigenvalue weighted by Gasteiger charge is 2.07. The maximum absolute atomic E-state index is 13.0. The van der Waals surface area contributed by atoms with Crippen molar-refractivity contribution in [1.29, 1.82) is 0 Å². The van der Waals surface area contributed by atoms with Gasteiger partial charge in [0.1, 0.15) is 5.82 Å². The second-order valence-corrected chi connectivity index (χ2v) is 4.92. The first-order valence-corrected chi connectivity index (χ1v) is 6.23. The predicted octanol–water partition coefficient (Wildman–Crippen LogP) is 1.84. The van der Waals surface area contributed by atoms with E-state index in [1.165, 1.54) is 6.07 Å². The van der Waals surface area contributed by atoms with Crippen LogP contribution in [0.15, 0.2) is 22.7 Å². The summed E-state index contributed by atoms with van der Waals surface area (Å²) in [6.07, 6.45) is 0.246. The standard InChI is InChI=1S/C12H16BrFN2O/c1-8(6-15)7-16-12(17)5-9-2-3-11(14)10(13)4-9/h2-4,8H,5-7,15H2,1H3,(H,16,17). The van der Waals surface area contributed by atoms with Crippen molar-refractivity contribution in [2.75, 3.05) is 13.1 Å². The number of rotatable bonds is 5. The molecule has 0 heterocycles. The van der Waals surface area contributed by atoms with Gasteiger partial charge in [0.25, 0.3) is 0 Å². The zero-order valence-electron chi connectivity index (χ0n) is 9.67. The highest BCUT2D eigenvalue weighted by atomic mass is 79.9. The van der Waals surface area contributed by atoms with E-state index >= 15 is 0 Å². The Morgan fingerprint density at radius 1 is 1.59 bits per heavy atom. The summed E-state index contributed by atoms with van der Waals surface area (Å²) in [4.78, 5) is 11.6. The van der Waals surface area contributed by atoms with E-state index in [-0.39, 0.29) is 24.1 Å². The van der Waals surface area contributed by atoms with Crippen molar-refractivity contribution in [3.8, 4) is 0 Å². The zero-order valence-corrected chi connectivity index (χ0v) is 11.3. The lowest BCUT2D eigenvalue weighted by molar-refractivity contribution is -0.120. The first-order valence-electron chi connectivity index (χ1n) is 5.43. The number of hydrogen-bond donors (Lipinski definition) is 2. The summed E-state index contributed by atoms with van der Waals surface area (Å²) >= 11 is 3.09. The van der Waals surface area contributed by atoms with E-state index in [0.717, 1.165) is 5.56 Å². The highest BCUT2D eigenvalue weighted by Crippen LogP contribution is 2.17. The van der Waals surface area contributed by atoms with Gasteiger partial charge in [-0.05, 0) is 46.1 Å². The molecule has 1 atom stereocenters. The second-order valence-electron chi connectivity index (χ2n) is 4.07. The van der Waals surface area contributed by atoms with Crippen LogP contribution in [-0.2, 0) is 11.2 Å². The molecule has 0 saturated heterocycles. The lowest BCUT2D eigenvalue weighted by Gasteiger charge is -2.10. The van der Waals surface area contributed by atoms with Crippen LogP contribution in [0.3, 0.4) is 0 Å². The molecular formula is C12H16BrFN2O. The van der Waals surface area contributed by atoms with Crippen LogP contribution in [-0.4, -0.2) is 19.0 Å². The van der Waals surface area contributed by atoms with Crippen LogP contribution in [0.1, 0.15) is 12.5 Å². The van der Waals surface area contributed by atoms with Gasteiger partial charge in [0, 0.05) is 6.54 Å². The van der Waals surface area contributed by atoms with E-state index in [0.29, 0.717) is 17.6 Å². The molecular weight excluding hydrogens is 287 g/mol. The summed E-state index contributed by atoms with van der Waals surface area (Å²) in [5.74, 6) is -0.145. The quantitative estimate of drug-likeness (QED) is 0.872. The topological polar surface area (TPSA) is 55.1 Å². The summed E-state index contributed by atoms with van der Waals surface area (Å²) in [6.45, 7) is 3.08. The van der Waals surface area contributed by atoms with Gasteiger partial charge in [-0.2, -0.15) is 0 Å². The van der Waals surface area contributed by atoms with Gasteiger partial charge >= 0.3 is 0 Å². The van der Waals surface area contributed by atoms with Gasteiger partial charge in [-0.25, -0.2) is 4.39 Å². The number of amides is 1. The highest BCUT2D eigenvalue weighted by molar-refractivity contribution is 9.10. The number of hydrogen-bond acceptors (Lipinski definition) is 2. The molecule has 1 aromatic carbocycles. The Kier molecular flexibility index (Phi) is 5.58. The monoisotopic (exact) mass is 302 g/mol. The number of nitrogens with two attached hydrogens (primary N) is 1. The van der Waals surface area contributed by atoms with Gasteiger partial charge in [0.15, 0.2) is 0 Å². The van der Waals surface area contributed by atoms with E-state index in [1.54, 1.807) is 12.1 Å². The summed E-state index contributed by atoms with van der Waals surface area (Å²) in [5.41, 5.74) is 6.22. The first-order chi connectivity index (χ1) is 8.02. The average molecular weight is 303 g/mol. The number of benzene rings is 1. The molecule has 0 spiro atoms. The van der Waals surface area contributed by atoms with Crippen molar-refractivity contribution in [1.82, 2.24) is 5.32 Å². The van der Waals surface area contributed by atoms with Gasteiger partial charge in [-0.1, -0.05) is 13.0 Å². The number of halogens is 2. The molecule has 17 heavy (non-hydrogen) atoms. The third-order valence-corrected chi connectivity index (χ3v) is 3.01. The minimum absolute atomic E-state index is 0.0798. The van der Waals surface area contributed by atoms with Crippen molar-refractivity contribution >= 4 is 21.8 Å². The molecule has 0 saturated carbocycles. The SMILES string of the molecule is CC(CN)CNC(=O)Cc1ccc(F)c(Br)c1. The summed E-state index contributed by atoms with van der Waals surface area (Å²) in [5, 5.41) is 2.79. The lowest BCUT2D eigenvalue weighted by atomic mass is 10.1. The molecule has 0 aromatic heterocycles. The van der Waals surface area contributed by atoms with Crippen molar-refractivity contribution in [2.24, 2.45) is 11.7 Å². The van der Waals surface area contributed by atoms with E-state index in [2.05, 4.69) is 21.2 Å². The van der Waals surface area contributed by atoms with Crippen molar-refractivity contribution in [3.05, 3.63) is 34.1 Å². The maximum Gasteiger partial charge on any atom is 0.224 e.